The van der Waals surface area contributed by atoms with Crippen LogP contribution in [0.4, 0.5) is 5.69 Å². The molecular formula is C28H31N5O5. The van der Waals surface area contributed by atoms with E-state index < -0.39 is 11.5 Å². The molecule has 38 heavy (non-hydrogen) atoms. The van der Waals surface area contributed by atoms with Gasteiger partial charge in [-0.25, -0.2) is 0 Å². The van der Waals surface area contributed by atoms with Crippen LogP contribution < -0.4 is 9.64 Å². The van der Waals surface area contributed by atoms with Crippen LogP contribution in [0.25, 0.3) is 0 Å². The van der Waals surface area contributed by atoms with Gasteiger partial charge in [-0.15, -0.1) is 5.10 Å². The quantitative estimate of drug-likeness (QED) is 0.480. The second-order valence-electron chi connectivity index (χ2n) is 9.91. The van der Waals surface area contributed by atoms with Gasteiger partial charge in [0.05, 0.1) is 38.6 Å². The summed E-state index contributed by atoms with van der Waals surface area (Å²) in [5.74, 6) is 0.520. The molecule has 3 aliphatic rings. The normalized spacial score (nSPS) is 22.3. The van der Waals surface area contributed by atoms with E-state index in [4.69, 9.17) is 14.2 Å². The summed E-state index contributed by atoms with van der Waals surface area (Å²) in [5, 5.41) is 8.59. The molecule has 10 heteroatoms. The molecule has 6 bridgehead atoms. The topological polar surface area (TPSA) is 99.0 Å². The van der Waals surface area contributed by atoms with E-state index in [0.717, 1.165) is 28.9 Å². The Balaban J connectivity index is 1.46. The molecule has 1 saturated heterocycles. The van der Waals surface area contributed by atoms with Gasteiger partial charge in [0.15, 0.2) is 0 Å². The third kappa shape index (κ3) is 4.13. The number of methoxy groups -OCH3 is 1. The first-order chi connectivity index (χ1) is 18.6. The van der Waals surface area contributed by atoms with E-state index in [9.17, 15) is 9.59 Å². The van der Waals surface area contributed by atoms with Crippen LogP contribution in [0, 0.1) is 0 Å². The minimum absolute atomic E-state index is 0.0324. The molecule has 0 N–H and O–H groups in total. The number of fused-ring (bicyclic) bond motifs is 8. The number of likely N-dealkylation sites (tertiary alicyclic amines) is 1. The van der Waals surface area contributed by atoms with E-state index >= 15 is 0 Å². The average molecular weight is 518 g/mol. The van der Waals surface area contributed by atoms with Crippen LogP contribution in [0.1, 0.15) is 35.7 Å². The van der Waals surface area contributed by atoms with Gasteiger partial charge in [-0.2, -0.15) is 0 Å². The molecule has 2 atom stereocenters. The Hall–Kier alpha value is -3.76. The third-order valence-corrected chi connectivity index (χ3v) is 7.69. The maximum absolute atomic E-state index is 14.5. The zero-order valence-electron chi connectivity index (χ0n) is 21.4. The van der Waals surface area contributed by atoms with Gasteiger partial charge >= 0.3 is 0 Å². The van der Waals surface area contributed by atoms with E-state index in [-0.39, 0.29) is 18.4 Å². The van der Waals surface area contributed by atoms with Crippen molar-refractivity contribution >= 4 is 17.5 Å². The molecule has 1 spiro atoms. The fourth-order valence-corrected chi connectivity index (χ4v) is 6.03. The van der Waals surface area contributed by atoms with Crippen LogP contribution in [0.3, 0.4) is 0 Å². The summed E-state index contributed by atoms with van der Waals surface area (Å²) in [6, 6.07) is 15.2. The van der Waals surface area contributed by atoms with Gasteiger partial charge in [-0.05, 0) is 35.7 Å². The fraction of sp³-hybridized carbons (Fsp3) is 0.429. The van der Waals surface area contributed by atoms with Gasteiger partial charge in [-0.1, -0.05) is 35.5 Å². The maximum atomic E-state index is 14.5. The summed E-state index contributed by atoms with van der Waals surface area (Å²) in [4.78, 5) is 31.7. The second-order valence-corrected chi connectivity index (χ2v) is 9.91. The fourth-order valence-electron chi connectivity index (χ4n) is 6.03. The van der Waals surface area contributed by atoms with Gasteiger partial charge in [0.2, 0.25) is 11.8 Å². The van der Waals surface area contributed by atoms with Gasteiger partial charge < -0.3 is 24.0 Å². The SMILES string of the molecule is COCCOCC(=O)N1CC[C@]23C(=O)N(Cc4cn(nn4)CCCOc4cccc(c4)[C@H]12)c1ccccc13. The Kier molecular flexibility index (Phi) is 6.59. The van der Waals surface area contributed by atoms with Crippen molar-refractivity contribution in [2.75, 3.05) is 45.0 Å². The predicted octanol–water partition coefficient (Wildman–Crippen LogP) is 2.48. The average Bonchev–Trinajstić information content (AvgIpc) is 3.62. The minimum atomic E-state index is -0.937. The second kappa shape index (κ2) is 10.2. The molecule has 0 saturated carbocycles. The van der Waals surface area contributed by atoms with E-state index in [1.54, 1.807) is 21.6 Å². The summed E-state index contributed by atoms with van der Waals surface area (Å²) < 4.78 is 18.5. The summed E-state index contributed by atoms with van der Waals surface area (Å²) in [5.41, 5.74) is 2.43. The Morgan fingerprint density at radius 2 is 2.05 bits per heavy atom. The Bertz CT molecular complexity index is 1340. The van der Waals surface area contributed by atoms with Crippen molar-refractivity contribution in [3.8, 4) is 5.75 Å². The first-order valence-electron chi connectivity index (χ1n) is 13.0. The van der Waals surface area contributed by atoms with Crippen molar-refractivity contribution in [3.63, 3.8) is 0 Å². The number of carbonyl (C=O) groups excluding carboxylic acids is 2. The number of benzene rings is 2. The molecule has 2 aromatic carbocycles. The summed E-state index contributed by atoms with van der Waals surface area (Å²) in [6.07, 6.45) is 3.15. The van der Waals surface area contributed by atoms with E-state index in [1.807, 2.05) is 54.7 Å². The zero-order valence-corrected chi connectivity index (χ0v) is 21.4. The lowest BCUT2D eigenvalue weighted by molar-refractivity contribution is -0.138. The number of nitrogens with zero attached hydrogens (tertiary/aromatic N) is 5. The van der Waals surface area contributed by atoms with Crippen molar-refractivity contribution in [1.29, 1.82) is 0 Å². The van der Waals surface area contributed by atoms with Crippen LogP contribution in [0.5, 0.6) is 5.75 Å². The molecule has 1 fully saturated rings. The number of aromatic nitrogens is 3. The molecule has 3 aliphatic heterocycles. The van der Waals surface area contributed by atoms with Crippen LogP contribution in [-0.4, -0.2) is 71.8 Å². The highest BCUT2D eigenvalue weighted by atomic mass is 16.5. The predicted molar refractivity (Wildman–Crippen MR) is 138 cm³/mol. The number of aryl methyl sites for hydroxylation is 1. The van der Waals surface area contributed by atoms with Crippen LogP contribution >= 0.6 is 0 Å². The van der Waals surface area contributed by atoms with Crippen LogP contribution in [0.2, 0.25) is 0 Å². The molecule has 0 radical (unpaired) electrons. The lowest BCUT2D eigenvalue weighted by Gasteiger charge is -2.35. The standard InChI is InChI=1S/C28H31N5O5/c1-36-14-15-37-19-25(34)32-12-10-28-23-8-2-3-9-24(23)33(27(28)35)18-21-17-31(30-29-21)11-5-13-38-22-7-4-6-20(16-22)26(28)32/h2-4,6-9,16-17,26H,5,10-15,18-19H2,1H3/t26-,28+/m0/s1. The molecule has 3 aromatic rings. The number of amides is 2. The van der Waals surface area contributed by atoms with Gasteiger partial charge in [0, 0.05) is 32.3 Å². The smallest absolute Gasteiger partial charge is 0.249 e. The van der Waals surface area contributed by atoms with Crippen molar-refractivity contribution in [3.05, 3.63) is 71.5 Å². The molecule has 10 nitrogen and oxygen atoms in total. The Morgan fingerprint density at radius 1 is 1.16 bits per heavy atom. The van der Waals surface area contributed by atoms with Crippen LogP contribution in [-0.2, 0) is 37.6 Å². The number of carbonyl (C=O) groups is 2. The highest BCUT2D eigenvalue weighted by Gasteiger charge is 2.61. The van der Waals surface area contributed by atoms with Crippen molar-refractivity contribution in [1.82, 2.24) is 19.9 Å². The molecule has 4 heterocycles. The highest BCUT2D eigenvalue weighted by Crippen LogP contribution is 2.57. The van der Waals surface area contributed by atoms with Crippen LogP contribution in [0.15, 0.2) is 54.7 Å². The van der Waals surface area contributed by atoms with E-state index in [0.29, 0.717) is 51.6 Å². The third-order valence-electron chi connectivity index (χ3n) is 7.69. The van der Waals surface area contributed by atoms with Gasteiger partial charge in [0.1, 0.15) is 23.5 Å². The van der Waals surface area contributed by atoms with Crippen molar-refractivity contribution in [2.45, 2.75) is 37.4 Å². The van der Waals surface area contributed by atoms with E-state index in [1.165, 1.54) is 0 Å². The minimum Gasteiger partial charge on any atom is -0.494 e. The number of ether oxygens (including phenoxy) is 3. The molecule has 0 aliphatic carbocycles. The molecule has 6 rings (SSSR count). The van der Waals surface area contributed by atoms with Crippen molar-refractivity contribution < 1.29 is 23.8 Å². The number of anilines is 1. The lowest BCUT2D eigenvalue weighted by Crippen LogP contribution is -2.46. The maximum Gasteiger partial charge on any atom is 0.249 e. The number of hydrogen-bond acceptors (Lipinski definition) is 7. The first kappa shape index (κ1) is 24.6. The molecule has 198 valence electrons. The largest absolute Gasteiger partial charge is 0.494 e. The highest BCUT2D eigenvalue weighted by molar-refractivity contribution is 6.09. The monoisotopic (exact) mass is 517 g/mol. The summed E-state index contributed by atoms with van der Waals surface area (Å²) >= 11 is 0. The van der Waals surface area contributed by atoms with Crippen molar-refractivity contribution in [2.24, 2.45) is 0 Å². The molecular weight excluding hydrogens is 486 g/mol. The summed E-state index contributed by atoms with van der Waals surface area (Å²) in [7, 11) is 1.59. The lowest BCUT2D eigenvalue weighted by atomic mass is 9.72. The Labute approximate surface area is 221 Å². The Morgan fingerprint density at radius 3 is 2.95 bits per heavy atom. The van der Waals surface area contributed by atoms with E-state index in [2.05, 4.69) is 10.3 Å². The molecule has 1 aromatic heterocycles. The summed E-state index contributed by atoms with van der Waals surface area (Å²) in [6.45, 7) is 2.58. The zero-order chi connectivity index (χ0) is 26.1. The number of hydrogen-bond donors (Lipinski definition) is 0. The number of rotatable bonds is 5. The molecule has 0 unspecified atom stereocenters. The van der Waals surface area contributed by atoms with Gasteiger partial charge in [0.25, 0.3) is 0 Å². The van der Waals surface area contributed by atoms with Gasteiger partial charge in [-0.3, -0.25) is 14.3 Å². The molecule has 2 amide bonds. The number of para-hydroxylation sites is 1. The first-order valence-corrected chi connectivity index (χ1v) is 13.0.